The first-order chi connectivity index (χ1) is 10.8. The Kier molecular flexibility index (Phi) is 28.1. The molecule has 0 spiro atoms. The Balaban J connectivity index is 0. The molecule has 0 aromatic carbocycles. The van der Waals surface area contributed by atoms with Gasteiger partial charge in [0.1, 0.15) is 0 Å². The van der Waals surface area contributed by atoms with Crippen molar-refractivity contribution in [2.24, 2.45) is 0 Å². The highest BCUT2D eigenvalue weighted by Crippen LogP contribution is 2.00. The molecule has 0 saturated heterocycles. The minimum Gasteiger partial charge on any atom is -0.394 e. The van der Waals surface area contributed by atoms with E-state index in [1.807, 2.05) is 0 Å². The Labute approximate surface area is 137 Å². The first kappa shape index (κ1) is 24.1. The van der Waals surface area contributed by atoms with Gasteiger partial charge in [-0.25, -0.2) is 0 Å². The molecular weight excluding hydrogens is 284 g/mol. The zero-order valence-corrected chi connectivity index (χ0v) is 14.7. The molecule has 0 amide bonds. The number of aliphatic hydroxyl groups is 2. The molecule has 5 heteroatoms. The van der Waals surface area contributed by atoms with Crippen LogP contribution in [0.5, 0.6) is 0 Å². The number of aliphatic hydroxyl groups excluding tert-OH is 2. The molecule has 0 aliphatic rings. The Morgan fingerprint density at radius 3 is 1.36 bits per heavy atom. The van der Waals surface area contributed by atoms with Crippen molar-refractivity contribution in [3.05, 3.63) is 0 Å². The zero-order valence-electron chi connectivity index (χ0n) is 14.7. The number of ether oxygens (including phenoxy) is 3. The summed E-state index contributed by atoms with van der Waals surface area (Å²) in [6.45, 7) is 8.14. The lowest BCUT2D eigenvalue weighted by atomic mass is 10.2. The average Bonchev–Trinajstić information content (AvgIpc) is 2.54. The topological polar surface area (TPSA) is 68.2 Å². The van der Waals surface area contributed by atoms with Crippen LogP contribution in [0.1, 0.15) is 58.8 Å². The molecule has 0 bridgehead atoms. The minimum atomic E-state index is 0.0417. The first-order valence-corrected chi connectivity index (χ1v) is 8.78. The first-order valence-electron chi connectivity index (χ1n) is 8.78. The van der Waals surface area contributed by atoms with E-state index in [-0.39, 0.29) is 13.2 Å². The van der Waals surface area contributed by atoms with Crippen LogP contribution in [0, 0.1) is 0 Å². The van der Waals surface area contributed by atoms with E-state index in [1.54, 1.807) is 0 Å². The van der Waals surface area contributed by atoms with Crippen molar-refractivity contribution in [2.75, 3.05) is 52.9 Å². The third-order valence-electron chi connectivity index (χ3n) is 2.88. The fraction of sp³-hybridized carbons (Fsp3) is 1.00. The van der Waals surface area contributed by atoms with Crippen molar-refractivity contribution in [3.63, 3.8) is 0 Å². The summed E-state index contributed by atoms with van der Waals surface area (Å²) in [5, 5.41) is 16.5. The molecule has 0 aromatic rings. The molecule has 5 nitrogen and oxygen atoms in total. The monoisotopic (exact) mass is 322 g/mol. The van der Waals surface area contributed by atoms with E-state index in [2.05, 4.69) is 13.8 Å². The molecule has 0 unspecified atom stereocenters. The maximum atomic E-state index is 8.26. The van der Waals surface area contributed by atoms with E-state index in [1.165, 1.54) is 44.9 Å². The fourth-order valence-corrected chi connectivity index (χ4v) is 1.64. The molecule has 0 saturated carbocycles. The van der Waals surface area contributed by atoms with Gasteiger partial charge in [0.15, 0.2) is 0 Å². The molecule has 0 radical (unpaired) electrons. The lowest BCUT2D eigenvalue weighted by Crippen LogP contribution is -2.09. The summed E-state index contributed by atoms with van der Waals surface area (Å²) in [6, 6.07) is 0. The van der Waals surface area contributed by atoms with Gasteiger partial charge in [-0.2, -0.15) is 0 Å². The van der Waals surface area contributed by atoms with Gasteiger partial charge in [0, 0.05) is 13.2 Å². The SMILES string of the molecule is CCCCCCOCCCCC.OCCOCCOCCO. The predicted molar refractivity (Wildman–Crippen MR) is 90.3 cm³/mol. The number of unbranched alkanes of at least 4 members (excludes halogenated alkanes) is 5. The third kappa shape index (κ3) is 28.0. The summed E-state index contributed by atoms with van der Waals surface area (Å²) >= 11 is 0. The molecule has 0 aliphatic carbocycles. The van der Waals surface area contributed by atoms with Gasteiger partial charge in [-0.3, -0.25) is 0 Å². The van der Waals surface area contributed by atoms with Crippen LogP contribution in [0.4, 0.5) is 0 Å². The minimum absolute atomic E-state index is 0.0417. The Bertz CT molecular complexity index is 149. The quantitative estimate of drug-likeness (QED) is 0.428. The molecule has 0 heterocycles. The molecule has 0 aromatic heterocycles. The van der Waals surface area contributed by atoms with Crippen LogP contribution in [-0.2, 0) is 14.2 Å². The number of hydrogen-bond donors (Lipinski definition) is 2. The van der Waals surface area contributed by atoms with E-state index in [4.69, 9.17) is 24.4 Å². The molecular formula is C17H38O5. The van der Waals surface area contributed by atoms with Crippen molar-refractivity contribution in [3.8, 4) is 0 Å². The van der Waals surface area contributed by atoms with E-state index in [0.29, 0.717) is 26.4 Å². The summed E-state index contributed by atoms with van der Waals surface area (Å²) in [5.74, 6) is 0. The largest absolute Gasteiger partial charge is 0.394 e. The molecule has 22 heavy (non-hydrogen) atoms. The zero-order chi connectivity index (χ0) is 16.7. The van der Waals surface area contributed by atoms with Gasteiger partial charge in [-0.15, -0.1) is 0 Å². The predicted octanol–water partition coefficient (Wildman–Crippen LogP) is 2.78. The molecule has 2 N–H and O–H groups in total. The lowest BCUT2D eigenvalue weighted by molar-refractivity contribution is 0.0222. The van der Waals surface area contributed by atoms with Crippen molar-refractivity contribution in [2.45, 2.75) is 58.8 Å². The van der Waals surface area contributed by atoms with Gasteiger partial charge in [-0.05, 0) is 12.8 Å². The molecule has 0 fully saturated rings. The fourth-order valence-electron chi connectivity index (χ4n) is 1.64. The molecule has 0 rings (SSSR count). The Morgan fingerprint density at radius 2 is 0.909 bits per heavy atom. The van der Waals surface area contributed by atoms with Gasteiger partial charge in [-0.1, -0.05) is 46.0 Å². The lowest BCUT2D eigenvalue weighted by Gasteiger charge is -2.02. The molecule has 136 valence electrons. The van der Waals surface area contributed by atoms with Crippen LogP contribution in [-0.4, -0.2) is 63.1 Å². The van der Waals surface area contributed by atoms with E-state index in [0.717, 1.165) is 13.2 Å². The second-order valence-electron chi connectivity index (χ2n) is 5.05. The molecule has 0 aliphatic heterocycles. The smallest absolute Gasteiger partial charge is 0.0701 e. The highest BCUT2D eigenvalue weighted by molar-refractivity contribution is 4.40. The van der Waals surface area contributed by atoms with Crippen LogP contribution >= 0.6 is 0 Å². The Morgan fingerprint density at radius 1 is 0.500 bits per heavy atom. The van der Waals surface area contributed by atoms with Gasteiger partial charge < -0.3 is 24.4 Å². The average molecular weight is 322 g/mol. The van der Waals surface area contributed by atoms with E-state index in [9.17, 15) is 0 Å². The number of rotatable bonds is 16. The van der Waals surface area contributed by atoms with Crippen LogP contribution in [0.3, 0.4) is 0 Å². The summed E-state index contributed by atoms with van der Waals surface area (Å²) < 4.78 is 15.2. The summed E-state index contributed by atoms with van der Waals surface area (Å²) in [7, 11) is 0. The Hall–Kier alpha value is -0.200. The summed E-state index contributed by atoms with van der Waals surface area (Å²) in [6.07, 6.45) is 9.11. The van der Waals surface area contributed by atoms with E-state index < -0.39 is 0 Å². The van der Waals surface area contributed by atoms with Crippen LogP contribution in [0.25, 0.3) is 0 Å². The number of hydrogen-bond acceptors (Lipinski definition) is 5. The van der Waals surface area contributed by atoms with Gasteiger partial charge in [0.2, 0.25) is 0 Å². The summed E-state index contributed by atoms with van der Waals surface area (Å²) in [4.78, 5) is 0. The normalized spacial score (nSPS) is 10.4. The van der Waals surface area contributed by atoms with Crippen molar-refractivity contribution >= 4 is 0 Å². The molecule has 0 atom stereocenters. The third-order valence-corrected chi connectivity index (χ3v) is 2.88. The highest BCUT2D eigenvalue weighted by atomic mass is 16.5. The van der Waals surface area contributed by atoms with Gasteiger partial charge >= 0.3 is 0 Å². The highest BCUT2D eigenvalue weighted by Gasteiger charge is 1.89. The second kappa shape index (κ2) is 25.7. The van der Waals surface area contributed by atoms with Gasteiger partial charge in [0.25, 0.3) is 0 Å². The second-order valence-corrected chi connectivity index (χ2v) is 5.05. The van der Waals surface area contributed by atoms with Crippen molar-refractivity contribution in [1.82, 2.24) is 0 Å². The van der Waals surface area contributed by atoms with Crippen LogP contribution in [0.15, 0.2) is 0 Å². The standard InChI is InChI=1S/C11H24O.C6H14O4/c1-3-5-7-9-11-12-10-8-6-4-2;7-1-3-9-5-6-10-4-2-8/h3-11H2,1-2H3;7-8H,1-6H2. The van der Waals surface area contributed by atoms with Gasteiger partial charge in [0.05, 0.1) is 39.6 Å². The van der Waals surface area contributed by atoms with Crippen molar-refractivity contribution < 1.29 is 24.4 Å². The maximum absolute atomic E-state index is 8.26. The maximum Gasteiger partial charge on any atom is 0.0701 e. The van der Waals surface area contributed by atoms with Crippen LogP contribution < -0.4 is 0 Å². The van der Waals surface area contributed by atoms with Crippen LogP contribution in [0.2, 0.25) is 0 Å². The van der Waals surface area contributed by atoms with Crippen molar-refractivity contribution in [1.29, 1.82) is 0 Å². The van der Waals surface area contributed by atoms with E-state index >= 15 is 0 Å². The summed E-state index contributed by atoms with van der Waals surface area (Å²) in [5.41, 5.74) is 0.